The molecule has 0 spiro atoms. The van der Waals surface area contributed by atoms with Gasteiger partial charge in [-0.1, -0.05) is 17.7 Å². The van der Waals surface area contributed by atoms with Gasteiger partial charge >= 0.3 is 0 Å². The molecular formula is C13H18ClNO2. The van der Waals surface area contributed by atoms with Gasteiger partial charge in [-0.15, -0.1) is 11.6 Å². The van der Waals surface area contributed by atoms with Crippen LogP contribution in [0.4, 0.5) is 0 Å². The standard InChI is InChI=1S/C13H18ClNO2/c1-10-4-5-12(17-3)11(8-10)6-7-15(2)13(16)9-14/h4-5,8H,6-7,9H2,1-3H3. The predicted octanol–water partition coefficient (Wildman–Crippen LogP) is 2.24. The molecule has 0 aliphatic heterocycles. The quantitative estimate of drug-likeness (QED) is 0.756. The first-order valence-electron chi connectivity index (χ1n) is 5.52. The molecule has 0 fully saturated rings. The zero-order valence-corrected chi connectivity index (χ0v) is 11.3. The van der Waals surface area contributed by atoms with Crippen LogP contribution in [-0.4, -0.2) is 37.4 Å². The minimum Gasteiger partial charge on any atom is -0.496 e. The molecule has 0 bridgehead atoms. The Balaban J connectivity index is 2.68. The molecule has 94 valence electrons. The van der Waals surface area contributed by atoms with E-state index in [1.807, 2.05) is 19.1 Å². The fraction of sp³-hybridized carbons (Fsp3) is 0.462. The van der Waals surface area contributed by atoms with E-state index in [9.17, 15) is 4.79 Å². The maximum Gasteiger partial charge on any atom is 0.237 e. The van der Waals surface area contributed by atoms with E-state index in [1.165, 1.54) is 5.56 Å². The van der Waals surface area contributed by atoms with Gasteiger partial charge in [0.25, 0.3) is 0 Å². The first kappa shape index (κ1) is 13.8. The molecule has 0 aromatic heterocycles. The molecule has 3 nitrogen and oxygen atoms in total. The summed E-state index contributed by atoms with van der Waals surface area (Å²) in [6, 6.07) is 6.04. The number of amides is 1. The van der Waals surface area contributed by atoms with Gasteiger partial charge in [0.1, 0.15) is 11.6 Å². The van der Waals surface area contributed by atoms with Crippen molar-refractivity contribution in [3.63, 3.8) is 0 Å². The molecule has 0 aliphatic carbocycles. The number of likely N-dealkylation sites (N-methyl/N-ethyl adjacent to an activating group) is 1. The molecule has 1 rings (SSSR count). The van der Waals surface area contributed by atoms with E-state index in [4.69, 9.17) is 16.3 Å². The number of rotatable bonds is 5. The van der Waals surface area contributed by atoms with Crippen LogP contribution in [0.25, 0.3) is 0 Å². The summed E-state index contributed by atoms with van der Waals surface area (Å²) in [5.74, 6) is 0.835. The average molecular weight is 256 g/mol. The van der Waals surface area contributed by atoms with E-state index in [0.29, 0.717) is 6.54 Å². The van der Waals surface area contributed by atoms with E-state index in [0.717, 1.165) is 17.7 Å². The summed E-state index contributed by atoms with van der Waals surface area (Å²) < 4.78 is 5.29. The third-order valence-corrected chi connectivity index (χ3v) is 2.92. The Morgan fingerprint density at radius 3 is 2.76 bits per heavy atom. The van der Waals surface area contributed by atoms with Gasteiger partial charge in [-0.3, -0.25) is 4.79 Å². The number of hydrogen-bond donors (Lipinski definition) is 0. The zero-order chi connectivity index (χ0) is 12.8. The SMILES string of the molecule is COc1ccc(C)cc1CCN(C)C(=O)CCl. The predicted molar refractivity (Wildman–Crippen MR) is 69.8 cm³/mol. The normalized spacial score (nSPS) is 10.1. The second-order valence-electron chi connectivity index (χ2n) is 4.01. The Kier molecular flexibility index (Phi) is 5.29. The second kappa shape index (κ2) is 6.50. The lowest BCUT2D eigenvalue weighted by molar-refractivity contribution is -0.127. The van der Waals surface area contributed by atoms with Crippen LogP contribution in [0.3, 0.4) is 0 Å². The van der Waals surface area contributed by atoms with E-state index in [-0.39, 0.29) is 11.8 Å². The van der Waals surface area contributed by atoms with E-state index in [1.54, 1.807) is 19.1 Å². The minimum atomic E-state index is -0.0571. The largest absolute Gasteiger partial charge is 0.496 e. The molecule has 0 unspecified atom stereocenters. The highest BCUT2D eigenvalue weighted by atomic mass is 35.5. The average Bonchev–Trinajstić information content (AvgIpc) is 2.35. The van der Waals surface area contributed by atoms with Crippen LogP contribution >= 0.6 is 11.6 Å². The number of carbonyl (C=O) groups excluding carboxylic acids is 1. The lowest BCUT2D eigenvalue weighted by atomic mass is 10.1. The van der Waals surface area contributed by atoms with Crippen LogP contribution < -0.4 is 4.74 Å². The highest BCUT2D eigenvalue weighted by Crippen LogP contribution is 2.20. The second-order valence-corrected chi connectivity index (χ2v) is 4.28. The summed E-state index contributed by atoms with van der Waals surface area (Å²) >= 11 is 5.50. The fourth-order valence-corrected chi connectivity index (χ4v) is 1.82. The molecule has 0 atom stereocenters. The maximum absolute atomic E-state index is 11.3. The Morgan fingerprint density at radius 1 is 1.47 bits per heavy atom. The summed E-state index contributed by atoms with van der Waals surface area (Å²) in [6.45, 7) is 2.68. The van der Waals surface area contributed by atoms with Crippen molar-refractivity contribution in [2.75, 3.05) is 26.6 Å². The maximum atomic E-state index is 11.3. The smallest absolute Gasteiger partial charge is 0.237 e. The molecule has 4 heteroatoms. The van der Waals surface area contributed by atoms with Crippen LogP contribution in [0.1, 0.15) is 11.1 Å². The summed E-state index contributed by atoms with van der Waals surface area (Å²) in [4.78, 5) is 13.0. The number of carbonyl (C=O) groups is 1. The van der Waals surface area contributed by atoms with Crippen LogP contribution in [-0.2, 0) is 11.2 Å². The van der Waals surface area contributed by atoms with Crippen molar-refractivity contribution in [3.8, 4) is 5.75 Å². The molecule has 1 aromatic rings. The van der Waals surface area contributed by atoms with E-state index < -0.39 is 0 Å². The number of hydrogen-bond acceptors (Lipinski definition) is 2. The number of ether oxygens (including phenoxy) is 1. The van der Waals surface area contributed by atoms with Crippen molar-refractivity contribution >= 4 is 17.5 Å². The Labute approximate surface area is 107 Å². The topological polar surface area (TPSA) is 29.5 Å². The number of benzene rings is 1. The molecule has 1 aromatic carbocycles. The van der Waals surface area contributed by atoms with Gasteiger partial charge in [0, 0.05) is 13.6 Å². The molecule has 0 radical (unpaired) electrons. The molecule has 0 saturated carbocycles. The molecule has 0 N–H and O–H groups in total. The lowest BCUT2D eigenvalue weighted by Gasteiger charge is -2.17. The van der Waals surface area contributed by atoms with Crippen molar-refractivity contribution in [1.29, 1.82) is 0 Å². The van der Waals surface area contributed by atoms with Crippen molar-refractivity contribution < 1.29 is 9.53 Å². The first-order valence-corrected chi connectivity index (χ1v) is 6.05. The van der Waals surface area contributed by atoms with Crippen molar-refractivity contribution in [2.45, 2.75) is 13.3 Å². The van der Waals surface area contributed by atoms with Gasteiger partial charge in [0.15, 0.2) is 0 Å². The third kappa shape index (κ3) is 3.93. The Morgan fingerprint density at radius 2 is 2.18 bits per heavy atom. The molecular weight excluding hydrogens is 238 g/mol. The van der Waals surface area contributed by atoms with Crippen LogP contribution in [0.2, 0.25) is 0 Å². The Bertz CT molecular complexity index is 393. The van der Waals surface area contributed by atoms with Crippen LogP contribution in [0.15, 0.2) is 18.2 Å². The first-order chi connectivity index (χ1) is 8.08. The van der Waals surface area contributed by atoms with Gasteiger partial charge < -0.3 is 9.64 Å². The van der Waals surface area contributed by atoms with Gasteiger partial charge in [0.2, 0.25) is 5.91 Å². The molecule has 0 aliphatic rings. The number of halogens is 1. The monoisotopic (exact) mass is 255 g/mol. The third-order valence-electron chi connectivity index (χ3n) is 2.69. The van der Waals surface area contributed by atoms with Gasteiger partial charge in [0.05, 0.1) is 7.11 Å². The van der Waals surface area contributed by atoms with Crippen LogP contribution in [0, 0.1) is 6.92 Å². The summed E-state index contributed by atoms with van der Waals surface area (Å²) in [6.07, 6.45) is 0.768. The summed E-state index contributed by atoms with van der Waals surface area (Å²) in [5, 5.41) is 0. The van der Waals surface area contributed by atoms with Gasteiger partial charge in [-0.2, -0.15) is 0 Å². The number of methoxy groups -OCH3 is 1. The minimum absolute atomic E-state index is 0.0292. The highest BCUT2D eigenvalue weighted by Gasteiger charge is 2.09. The molecule has 17 heavy (non-hydrogen) atoms. The lowest BCUT2D eigenvalue weighted by Crippen LogP contribution is -2.29. The van der Waals surface area contributed by atoms with Crippen molar-refractivity contribution in [3.05, 3.63) is 29.3 Å². The van der Waals surface area contributed by atoms with E-state index in [2.05, 4.69) is 6.07 Å². The number of nitrogens with zero attached hydrogens (tertiary/aromatic N) is 1. The molecule has 1 amide bonds. The summed E-state index contributed by atoms with van der Waals surface area (Å²) in [7, 11) is 3.41. The van der Waals surface area contributed by atoms with E-state index >= 15 is 0 Å². The van der Waals surface area contributed by atoms with Gasteiger partial charge in [-0.25, -0.2) is 0 Å². The Hall–Kier alpha value is -1.22. The molecule has 0 saturated heterocycles. The zero-order valence-electron chi connectivity index (χ0n) is 10.5. The fourth-order valence-electron chi connectivity index (χ4n) is 1.62. The number of aryl methyl sites for hydroxylation is 1. The highest BCUT2D eigenvalue weighted by molar-refractivity contribution is 6.27. The van der Waals surface area contributed by atoms with Crippen molar-refractivity contribution in [2.24, 2.45) is 0 Å². The number of alkyl halides is 1. The summed E-state index contributed by atoms with van der Waals surface area (Å²) in [5.41, 5.74) is 2.30. The van der Waals surface area contributed by atoms with Crippen molar-refractivity contribution in [1.82, 2.24) is 4.90 Å². The molecule has 0 heterocycles. The van der Waals surface area contributed by atoms with Crippen LogP contribution in [0.5, 0.6) is 5.75 Å². The van der Waals surface area contributed by atoms with Gasteiger partial charge in [-0.05, 0) is 25.0 Å².